The molecule has 0 radical (unpaired) electrons. The van der Waals surface area contributed by atoms with Crippen LogP contribution in [0.1, 0.15) is 37.2 Å². The molecule has 0 aliphatic rings. The van der Waals surface area contributed by atoms with Crippen molar-refractivity contribution in [3.63, 3.8) is 0 Å². The molecule has 0 amide bonds. The normalized spacial score (nSPS) is 10.8. The number of Topliss-reactive ketones (excluding diaryl/α,β-unsaturated/α-hetero) is 1. The first kappa shape index (κ1) is 14.9. The largest absolute Gasteiger partial charge is 0.501 e. The topological polar surface area (TPSA) is 95.9 Å². The highest BCUT2D eigenvalue weighted by atomic mass is 16.3. The van der Waals surface area contributed by atoms with E-state index < -0.39 is 11.3 Å². The molecule has 0 unspecified atom stereocenters. The van der Waals surface area contributed by atoms with E-state index >= 15 is 0 Å². The first-order valence-corrected chi connectivity index (χ1v) is 6.77. The van der Waals surface area contributed by atoms with Gasteiger partial charge in [0.2, 0.25) is 5.75 Å². The van der Waals surface area contributed by atoms with Crippen LogP contribution in [0.25, 0.3) is 11.5 Å². The fraction of sp³-hybridized carbons (Fsp3) is 0.333. The lowest BCUT2D eigenvalue weighted by molar-refractivity contribution is 0.0967. The second-order valence-corrected chi connectivity index (χ2v) is 5.18. The van der Waals surface area contributed by atoms with Crippen LogP contribution in [0.3, 0.4) is 0 Å². The summed E-state index contributed by atoms with van der Waals surface area (Å²) in [6, 6.07) is 5.14. The first-order chi connectivity index (χ1) is 9.99. The highest BCUT2D eigenvalue weighted by Gasteiger charge is 2.18. The van der Waals surface area contributed by atoms with Gasteiger partial charge in [-0.25, -0.2) is 4.98 Å². The van der Waals surface area contributed by atoms with Crippen molar-refractivity contribution in [2.75, 3.05) is 0 Å². The highest BCUT2D eigenvalue weighted by Crippen LogP contribution is 2.17. The maximum atomic E-state index is 12.1. The van der Waals surface area contributed by atoms with Crippen LogP contribution in [0.5, 0.6) is 5.75 Å². The molecule has 21 heavy (non-hydrogen) atoms. The molecule has 0 spiro atoms. The van der Waals surface area contributed by atoms with Crippen LogP contribution in [-0.2, 0) is 0 Å². The molecule has 0 atom stereocenters. The molecule has 0 saturated heterocycles. The molecule has 0 aromatic carbocycles. The molecule has 2 aromatic rings. The van der Waals surface area contributed by atoms with E-state index in [1.54, 1.807) is 24.4 Å². The van der Waals surface area contributed by atoms with Gasteiger partial charge >= 0.3 is 0 Å². The predicted molar refractivity (Wildman–Crippen MR) is 78.2 cm³/mol. The molecule has 0 aliphatic carbocycles. The van der Waals surface area contributed by atoms with Gasteiger partial charge in [-0.3, -0.25) is 14.6 Å². The Morgan fingerprint density at radius 1 is 1.38 bits per heavy atom. The number of hydrogen-bond acceptors (Lipinski definition) is 5. The zero-order valence-corrected chi connectivity index (χ0v) is 12.0. The Morgan fingerprint density at radius 2 is 2.14 bits per heavy atom. The Bertz CT molecular complexity index is 693. The van der Waals surface area contributed by atoms with Crippen molar-refractivity contribution in [3.05, 3.63) is 40.4 Å². The SMILES string of the molecule is CC(C)CCC(=O)c1nc(-c2ccccn2)[nH]c(=O)c1O. The maximum Gasteiger partial charge on any atom is 0.294 e. The van der Waals surface area contributed by atoms with E-state index in [0.717, 1.165) is 0 Å². The molecule has 0 bridgehead atoms. The number of ketones is 1. The molecule has 2 aromatic heterocycles. The van der Waals surface area contributed by atoms with Crippen molar-refractivity contribution in [1.82, 2.24) is 15.0 Å². The maximum absolute atomic E-state index is 12.1. The molecule has 6 heteroatoms. The highest BCUT2D eigenvalue weighted by molar-refractivity contribution is 5.96. The number of hydrogen-bond donors (Lipinski definition) is 2. The minimum Gasteiger partial charge on any atom is -0.501 e. The third kappa shape index (κ3) is 3.53. The lowest BCUT2D eigenvalue weighted by atomic mass is 10.0. The summed E-state index contributed by atoms with van der Waals surface area (Å²) in [7, 11) is 0. The number of carbonyl (C=O) groups excluding carboxylic acids is 1. The van der Waals surface area contributed by atoms with Gasteiger partial charge in [-0.2, -0.15) is 0 Å². The summed E-state index contributed by atoms with van der Waals surface area (Å²) in [6.07, 6.45) is 2.47. The lowest BCUT2D eigenvalue weighted by Gasteiger charge is -2.07. The van der Waals surface area contributed by atoms with E-state index in [0.29, 0.717) is 18.0 Å². The van der Waals surface area contributed by atoms with E-state index in [1.807, 2.05) is 13.8 Å². The second-order valence-electron chi connectivity index (χ2n) is 5.18. The monoisotopic (exact) mass is 287 g/mol. The van der Waals surface area contributed by atoms with Crippen molar-refractivity contribution in [3.8, 4) is 17.3 Å². The van der Waals surface area contributed by atoms with Gasteiger partial charge in [0.1, 0.15) is 5.69 Å². The van der Waals surface area contributed by atoms with E-state index in [9.17, 15) is 14.7 Å². The van der Waals surface area contributed by atoms with Crippen LogP contribution in [0, 0.1) is 5.92 Å². The summed E-state index contributed by atoms with van der Waals surface area (Å²) in [4.78, 5) is 34.4. The van der Waals surface area contributed by atoms with Crippen LogP contribution in [0.4, 0.5) is 0 Å². The van der Waals surface area contributed by atoms with Gasteiger partial charge in [0, 0.05) is 12.6 Å². The fourth-order valence-corrected chi connectivity index (χ4v) is 1.82. The van der Waals surface area contributed by atoms with Gasteiger partial charge in [0.05, 0.1) is 0 Å². The Kier molecular flexibility index (Phi) is 4.47. The van der Waals surface area contributed by atoms with Gasteiger partial charge in [-0.1, -0.05) is 19.9 Å². The first-order valence-electron chi connectivity index (χ1n) is 6.77. The van der Waals surface area contributed by atoms with E-state index in [-0.39, 0.29) is 23.7 Å². The van der Waals surface area contributed by atoms with Crippen LogP contribution in [0.2, 0.25) is 0 Å². The number of aromatic hydroxyl groups is 1. The van der Waals surface area contributed by atoms with Crippen LogP contribution in [0.15, 0.2) is 29.2 Å². The standard InChI is InChI=1S/C15H17N3O3/c1-9(2)6-7-11(19)12-13(20)15(21)18-14(17-12)10-5-3-4-8-16-10/h3-5,8-9,20H,6-7H2,1-2H3,(H,17,18,21). The molecule has 110 valence electrons. The van der Waals surface area contributed by atoms with Crippen molar-refractivity contribution >= 4 is 5.78 Å². The number of aromatic amines is 1. The molecular weight excluding hydrogens is 270 g/mol. The number of rotatable bonds is 5. The second kappa shape index (κ2) is 6.30. The Hall–Kier alpha value is -2.50. The van der Waals surface area contributed by atoms with Crippen LogP contribution < -0.4 is 5.56 Å². The van der Waals surface area contributed by atoms with E-state index in [4.69, 9.17) is 0 Å². The third-order valence-corrected chi connectivity index (χ3v) is 3.02. The van der Waals surface area contributed by atoms with Gasteiger partial charge in [-0.05, 0) is 24.5 Å². The molecule has 2 N–H and O–H groups in total. The van der Waals surface area contributed by atoms with Gasteiger partial charge in [-0.15, -0.1) is 0 Å². The summed E-state index contributed by atoms with van der Waals surface area (Å²) in [5.74, 6) is -0.451. The van der Waals surface area contributed by atoms with E-state index in [1.165, 1.54) is 0 Å². The zero-order valence-electron chi connectivity index (χ0n) is 12.0. The number of nitrogens with one attached hydrogen (secondary N) is 1. The van der Waals surface area contributed by atoms with Crippen LogP contribution in [-0.4, -0.2) is 25.8 Å². The quantitative estimate of drug-likeness (QED) is 0.821. The van der Waals surface area contributed by atoms with E-state index in [2.05, 4.69) is 15.0 Å². The van der Waals surface area contributed by atoms with Gasteiger partial charge in [0.25, 0.3) is 5.56 Å². The van der Waals surface area contributed by atoms with Gasteiger partial charge < -0.3 is 10.1 Å². The Labute approximate surface area is 121 Å². The number of carbonyl (C=O) groups is 1. The summed E-state index contributed by atoms with van der Waals surface area (Å²) in [5.41, 5.74) is -0.494. The van der Waals surface area contributed by atoms with Gasteiger partial charge in [0.15, 0.2) is 17.3 Å². The molecule has 2 rings (SSSR count). The summed E-state index contributed by atoms with van der Waals surface area (Å²) >= 11 is 0. The fourth-order valence-electron chi connectivity index (χ4n) is 1.82. The van der Waals surface area contributed by atoms with Crippen molar-refractivity contribution in [1.29, 1.82) is 0 Å². The zero-order chi connectivity index (χ0) is 15.4. The number of nitrogens with zero attached hydrogens (tertiary/aromatic N) is 2. The van der Waals surface area contributed by atoms with Crippen molar-refractivity contribution in [2.24, 2.45) is 5.92 Å². The minimum atomic E-state index is -0.737. The number of aromatic nitrogens is 3. The average Bonchev–Trinajstić information content (AvgIpc) is 2.48. The summed E-state index contributed by atoms with van der Waals surface area (Å²) < 4.78 is 0. The van der Waals surface area contributed by atoms with Crippen molar-refractivity contribution < 1.29 is 9.90 Å². The van der Waals surface area contributed by atoms with Crippen molar-refractivity contribution in [2.45, 2.75) is 26.7 Å². The summed E-state index contributed by atoms with van der Waals surface area (Å²) in [5, 5.41) is 9.76. The lowest BCUT2D eigenvalue weighted by Crippen LogP contribution is -2.16. The Morgan fingerprint density at radius 3 is 2.76 bits per heavy atom. The molecule has 0 fully saturated rings. The van der Waals surface area contributed by atoms with Crippen LogP contribution >= 0.6 is 0 Å². The summed E-state index contributed by atoms with van der Waals surface area (Å²) in [6.45, 7) is 4.00. The number of H-pyrrole nitrogens is 1. The Balaban J connectivity index is 2.40. The molecular formula is C15H17N3O3. The average molecular weight is 287 g/mol. The smallest absolute Gasteiger partial charge is 0.294 e. The molecule has 0 aliphatic heterocycles. The molecule has 6 nitrogen and oxygen atoms in total. The third-order valence-electron chi connectivity index (χ3n) is 3.02. The molecule has 2 heterocycles. The predicted octanol–water partition coefficient (Wildman–Crippen LogP) is 2.16. The minimum absolute atomic E-state index is 0.172. The number of pyridine rings is 1. The molecule has 0 saturated carbocycles.